The number of ether oxygens (including phenoxy) is 1. The zero-order chi connectivity index (χ0) is 17.6. The summed E-state index contributed by atoms with van der Waals surface area (Å²) in [7, 11) is 0. The van der Waals surface area contributed by atoms with Gasteiger partial charge in [0.1, 0.15) is 0 Å². The minimum atomic E-state index is 0.515. The van der Waals surface area contributed by atoms with Crippen LogP contribution in [0.1, 0.15) is 40.0 Å². The molecule has 1 atom stereocenters. The van der Waals surface area contributed by atoms with E-state index in [2.05, 4.69) is 42.6 Å². The van der Waals surface area contributed by atoms with E-state index in [9.17, 15) is 0 Å². The van der Waals surface area contributed by atoms with Gasteiger partial charge in [0, 0.05) is 32.2 Å². The third kappa shape index (κ3) is 9.74. The Labute approximate surface area is 153 Å². The molecular formula is C18H38N4OS. The van der Waals surface area contributed by atoms with Gasteiger partial charge >= 0.3 is 0 Å². The molecule has 0 bridgehead atoms. The van der Waals surface area contributed by atoms with Crippen molar-refractivity contribution >= 4 is 17.7 Å². The zero-order valence-corrected chi connectivity index (χ0v) is 17.0. The summed E-state index contributed by atoms with van der Waals surface area (Å²) in [6, 6.07) is 0.515. The van der Waals surface area contributed by atoms with Crippen LogP contribution in [0.3, 0.4) is 0 Å². The summed E-state index contributed by atoms with van der Waals surface area (Å²) in [4.78, 5) is 7.42. The van der Waals surface area contributed by atoms with Crippen LogP contribution in [-0.2, 0) is 4.74 Å². The molecule has 2 N–H and O–H groups in total. The average molecular weight is 359 g/mol. The maximum Gasteiger partial charge on any atom is 0.191 e. The Hall–Kier alpha value is -0.460. The van der Waals surface area contributed by atoms with E-state index in [1.165, 1.54) is 25.0 Å². The predicted octanol–water partition coefficient (Wildman–Crippen LogP) is 2.43. The van der Waals surface area contributed by atoms with E-state index in [0.29, 0.717) is 12.0 Å². The van der Waals surface area contributed by atoms with E-state index in [0.717, 1.165) is 51.9 Å². The Bertz CT molecular complexity index is 333. The number of hydrogen-bond acceptors (Lipinski definition) is 4. The number of unbranched alkanes of at least 4 members (excludes halogenated alkanes) is 1. The molecular weight excluding hydrogens is 320 g/mol. The molecule has 1 heterocycles. The maximum atomic E-state index is 5.50. The van der Waals surface area contributed by atoms with Gasteiger partial charge in [-0.05, 0) is 44.1 Å². The number of morpholine rings is 1. The molecule has 6 heteroatoms. The van der Waals surface area contributed by atoms with Gasteiger partial charge in [-0.15, -0.1) is 0 Å². The maximum absolute atomic E-state index is 5.50. The summed E-state index contributed by atoms with van der Waals surface area (Å²) < 4.78 is 5.50. The van der Waals surface area contributed by atoms with Crippen LogP contribution < -0.4 is 10.6 Å². The fourth-order valence-electron chi connectivity index (χ4n) is 2.94. The smallest absolute Gasteiger partial charge is 0.191 e. The lowest BCUT2D eigenvalue weighted by Crippen LogP contribution is -2.46. The number of guanidine groups is 1. The molecule has 1 saturated heterocycles. The monoisotopic (exact) mass is 358 g/mol. The Morgan fingerprint density at radius 1 is 1.21 bits per heavy atom. The quantitative estimate of drug-likeness (QED) is 0.337. The topological polar surface area (TPSA) is 48.9 Å². The fourth-order valence-corrected chi connectivity index (χ4v) is 3.44. The van der Waals surface area contributed by atoms with Crippen molar-refractivity contribution in [2.75, 3.05) is 57.9 Å². The van der Waals surface area contributed by atoms with Crippen LogP contribution in [-0.4, -0.2) is 74.8 Å². The molecule has 0 amide bonds. The molecule has 0 aromatic carbocycles. The second-order valence-electron chi connectivity index (χ2n) is 6.78. The van der Waals surface area contributed by atoms with Crippen molar-refractivity contribution in [1.82, 2.24) is 15.5 Å². The number of thioether (sulfide) groups is 1. The van der Waals surface area contributed by atoms with Crippen LogP contribution >= 0.6 is 11.8 Å². The van der Waals surface area contributed by atoms with Crippen molar-refractivity contribution < 1.29 is 4.74 Å². The van der Waals surface area contributed by atoms with Crippen molar-refractivity contribution in [2.45, 2.75) is 46.1 Å². The molecule has 0 aliphatic carbocycles. The summed E-state index contributed by atoms with van der Waals surface area (Å²) in [6.07, 6.45) is 5.82. The van der Waals surface area contributed by atoms with Crippen molar-refractivity contribution in [1.29, 1.82) is 0 Å². The summed E-state index contributed by atoms with van der Waals surface area (Å²) in [5.74, 6) is 2.89. The predicted molar refractivity (Wildman–Crippen MR) is 107 cm³/mol. The zero-order valence-electron chi connectivity index (χ0n) is 16.1. The minimum absolute atomic E-state index is 0.515. The van der Waals surface area contributed by atoms with Gasteiger partial charge in [0.25, 0.3) is 0 Å². The summed E-state index contributed by atoms with van der Waals surface area (Å²) in [6.45, 7) is 13.3. The van der Waals surface area contributed by atoms with Crippen LogP contribution in [0.25, 0.3) is 0 Å². The Kier molecular flexibility index (Phi) is 12.4. The molecule has 24 heavy (non-hydrogen) atoms. The lowest BCUT2D eigenvalue weighted by Gasteiger charge is -2.34. The highest BCUT2D eigenvalue weighted by Crippen LogP contribution is 2.14. The van der Waals surface area contributed by atoms with Crippen LogP contribution in [0.4, 0.5) is 0 Å². The second kappa shape index (κ2) is 13.8. The number of nitrogens with zero attached hydrogens (tertiary/aromatic N) is 2. The number of hydrogen-bond donors (Lipinski definition) is 2. The van der Waals surface area contributed by atoms with Crippen molar-refractivity contribution in [3.63, 3.8) is 0 Å². The highest BCUT2D eigenvalue weighted by Gasteiger charge is 2.21. The second-order valence-corrected chi connectivity index (χ2v) is 7.76. The first-order valence-electron chi connectivity index (χ1n) is 9.50. The molecule has 0 aromatic heterocycles. The first kappa shape index (κ1) is 21.6. The molecule has 5 nitrogen and oxygen atoms in total. The van der Waals surface area contributed by atoms with Crippen molar-refractivity contribution in [2.24, 2.45) is 10.9 Å². The van der Waals surface area contributed by atoms with Gasteiger partial charge in [0.2, 0.25) is 0 Å². The van der Waals surface area contributed by atoms with Crippen LogP contribution in [0.2, 0.25) is 0 Å². The lowest BCUT2D eigenvalue weighted by atomic mass is 10.0. The summed E-state index contributed by atoms with van der Waals surface area (Å²) in [5, 5.41) is 6.85. The van der Waals surface area contributed by atoms with Gasteiger partial charge in [-0.25, -0.2) is 0 Å². The normalized spacial score (nSPS) is 18.0. The molecule has 1 aliphatic heterocycles. The Morgan fingerprint density at radius 2 is 1.96 bits per heavy atom. The molecule has 1 unspecified atom stereocenters. The van der Waals surface area contributed by atoms with Gasteiger partial charge in [0.05, 0.1) is 19.8 Å². The molecule has 142 valence electrons. The van der Waals surface area contributed by atoms with E-state index in [1.54, 1.807) is 0 Å². The molecule has 0 spiro atoms. The third-order valence-corrected chi connectivity index (χ3v) is 4.87. The van der Waals surface area contributed by atoms with E-state index in [4.69, 9.17) is 9.73 Å². The molecule has 1 aliphatic rings. The number of rotatable bonds is 11. The molecule has 0 aromatic rings. The SMILES string of the molecule is CCNC(=NCC(CC(C)C)N1CCOCC1)NCCCCSC. The third-order valence-electron chi connectivity index (χ3n) is 4.18. The van der Waals surface area contributed by atoms with Crippen LogP contribution in [0.5, 0.6) is 0 Å². The minimum Gasteiger partial charge on any atom is -0.379 e. The summed E-state index contributed by atoms with van der Waals surface area (Å²) in [5.41, 5.74) is 0. The highest BCUT2D eigenvalue weighted by atomic mass is 32.2. The van der Waals surface area contributed by atoms with Gasteiger partial charge < -0.3 is 15.4 Å². The van der Waals surface area contributed by atoms with Gasteiger partial charge in [-0.2, -0.15) is 11.8 Å². The molecule has 0 radical (unpaired) electrons. The lowest BCUT2D eigenvalue weighted by molar-refractivity contribution is 0.0143. The molecule has 1 rings (SSSR count). The largest absolute Gasteiger partial charge is 0.379 e. The molecule has 0 saturated carbocycles. The fraction of sp³-hybridized carbons (Fsp3) is 0.944. The van der Waals surface area contributed by atoms with Crippen LogP contribution in [0.15, 0.2) is 4.99 Å². The standard InChI is InChI=1S/C18H38N4OS/c1-5-19-18(20-8-6-7-13-24-4)21-15-17(14-16(2)3)22-9-11-23-12-10-22/h16-17H,5-15H2,1-4H3,(H2,19,20,21). The Balaban J connectivity index is 2.50. The van der Waals surface area contributed by atoms with E-state index in [1.807, 2.05) is 11.8 Å². The van der Waals surface area contributed by atoms with Crippen molar-refractivity contribution in [3.8, 4) is 0 Å². The van der Waals surface area contributed by atoms with Crippen LogP contribution in [0, 0.1) is 5.92 Å². The van der Waals surface area contributed by atoms with E-state index < -0.39 is 0 Å². The van der Waals surface area contributed by atoms with Crippen molar-refractivity contribution in [3.05, 3.63) is 0 Å². The van der Waals surface area contributed by atoms with Gasteiger partial charge in [-0.1, -0.05) is 13.8 Å². The summed E-state index contributed by atoms with van der Waals surface area (Å²) >= 11 is 1.92. The van der Waals surface area contributed by atoms with E-state index in [-0.39, 0.29) is 0 Å². The average Bonchev–Trinajstić information content (AvgIpc) is 2.58. The van der Waals surface area contributed by atoms with E-state index >= 15 is 0 Å². The van der Waals surface area contributed by atoms with Gasteiger partial charge in [-0.3, -0.25) is 9.89 Å². The Morgan fingerprint density at radius 3 is 2.58 bits per heavy atom. The molecule has 1 fully saturated rings. The first-order valence-corrected chi connectivity index (χ1v) is 10.9. The first-order chi connectivity index (χ1) is 11.7. The van der Waals surface area contributed by atoms with Gasteiger partial charge in [0.15, 0.2) is 5.96 Å². The highest BCUT2D eigenvalue weighted by molar-refractivity contribution is 7.98. The number of nitrogens with one attached hydrogen (secondary N) is 2. The number of aliphatic imine (C=N–C) groups is 1.